The van der Waals surface area contributed by atoms with Gasteiger partial charge in [-0.1, -0.05) is 19.9 Å². The maximum Gasteiger partial charge on any atom is 0.127 e. The van der Waals surface area contributed by atoms with Gasteiger partial charge in [0.25, 0.3) is 0 Å². The molecule has 110 valence electrons. The number of aliphatic hydroxyl groups is 1. The molecule has 4 N–H and O–H groups in total. The first-order chi connectivity index (χ1) is 8.47. The van der Waals surface area contributed by atoms with Crippen LogP contribution in [0, 0.1) is 5.92 Å². The van der Waals surface area contributed by atoms with Crippen molar-refractivity contribution in [1.82, 2.24) is 0 Å². The van der Waals surface area contributed by atoms with Gasteiger partial charge in [-0.05, 0) is 30.9 Å². The van der Waals surface area contributed by atoms with E-state index in [1.54, 1.807) is 18.2 Å². The van der Waals surface area contributed by atoms with Crippen molar-refractivity contribution in [3.63, 3.8) is 0 Å². The average molecular weight is 290 g/mol. The lowest BCUT2D eigenvalue weighted by Crippen LogP contribution is -2.27. The van der Waals surface area contributed by atoms with Gasteiger partial charge in [0, 0.05) is 0 Å². The number of methoxy groups -OCH3 is 1. The quantitative estimate of drug-likeness (QED) is 0.752. The first kappa shape index (κ1) is 18.0. The van der Waals surface area contributed by atoms with E-state index in [2.05, 4.69) is 13.8 Å². The lowest BCUT2D eigenvalue weighted by molar-refractivity contribution is 0.126. The Morgan fingerprint density at radius 2 is 1.89 bits per heavy atom. The van der Waals surface area contributed by atoms with E-state index >= 15 is 0 Å². The van der Waals surface area contributed by atoms with Crippen LogP contribution in [-0.2, 0) is 0 Å². The zero-order chi connectivity index (χ0) is 13.7. The number of nitrogens with two attached hydrogens (primary N) is 1. The Morgan fingerprint density at radius 1 is 1.26 bits per heavy atom. The van der Waals surface area contributed by atoms with Gasteiger partial charge in [-0.25, -0.2) is 0 Å². The highest BCUT2D eigenvalue weighted by Crippen LogP contribution is 2.34. The second kappa shape index (κ2) is 8.25. The maximum atomic E-state index is 10.1. The molecule has 0 saturated heterocycles. The van der Waals surface area contributed by atoms with Crippen molar-refractivity contribution in [2.75, 3.05) is 7.11 Å². The third-order valence-corrected chi connectivity index (χ3v) is 3.05. The molecule has 0 radical (unpaired) electrons. The fraction of sp³-hybridized carbons (Fsp3) is 0.571. The molecule has 2 atom stereocenters. The minimum absolute atomic E-state index is 0. The van der Waals surface area contributed by atoms with Gasteiger partial charge < -0.3 is 20.7 Å². The lowest BCUT2D eigenvalue weighted by Gasteiger charge is -2.22. The third kappa shape index (κ3) is 4.90. The summed E-state index contributed by atoms with van der Waals surface area (Å²) in [6, 6.07) is 4.32. The summed E-state index contributed by atoms with van der Waals surface area (Å²) in [7, 11) is 1.52. The Labute approximate surface area is 121 Å². The van der Waals surface area contributed by atoms with Crippen LogP contribution in [-0.4, -0.2) is 23.4 Å². The van der Waals surface area contributed by atoms with Crippen molar-refractivity contribution in [2.24, 2.45) is 11.7 Å². The summed E-state index contributed by atoms with van der Waals surface area (Å²) in [5.41, 5.74) is 6.48. The smallest absolute Gasteiger partial charge is 0.127 e. The van der Waals surface area contributed by atoms with Crippen LogP contribution in [0.4, 0.5) is 0 Å². The van der Waals surface area contributed by atoms with Gasteiger partial charge in [-0.2, -0.15) is 0 Å². The molecule has 1 aromatic rings. The number of phenolic OH excluding ortho intramolecular Hbond substituents is 1. The molecule has 0 bridgehead atoms. The van der Waals surface area contributed by atoms with Gasteiger partial charge in [0.05, 0.1) is 24.8 Å². The van der Waals surface area contributed by atoms with E-state index in [-0.39, 0.29) is 18.2 Å². The Kier molecular flexibility index (Phi) is 7.83. The van der Waals surface area contributed by atoms with Gasteiger partial charge in [0.1, 0.15) is 11.5 Å². The maximum absolute atomic E-state index is 10.1. The highest BCUT2D eigenvalue weighted by Gasteiger charge is 2.23. The molecule has 0 heterocycles. The summed E-state index contributed by atoms with van der Waals surface area (Å²) >= 11 is 0. The predicted molar refractivity (Wildman–Crippen MR) is 78.9 cm³/mol. The summed E-state index contributed by atoms with van der Waals surface area (Å²) in [5, 5.41) is 19.9. The first-order valence-electron chi connectivity index (χ1n) is 6.26. The molecule has 0 aliphatic rings. The standard InChI is InChI=1S/C14H23NO3.ClH/c1-9(2)7-8-11(17)14(15)13-10(16)5-4-6-12(13)18-3;/h4-6,9,11,14,16-17H,7-8,15H2,1-3H3;1H/t11-,14-;/m0./s1. The molecule has 0 fully saturated rings. The van der Waals surface area contributed by atoms with Crippen LogP contribution in [0.1, 0.15) is 38.3 Å². The highest BCUT2D eigenvalue weighted by atomic mass is 35.5. The Balaban J connectivity index is 0.00000324. The fourth-order valence-corrected chi connectivity index (χ4v) is 1.92. The Bertz CT molecular complexity index is 385. The van der Waals surface area contributed by atoms with Gasteiger partial charge in [0.15, 0.2) is 0 Å². The normalized spacial score (nSPS) is 13.8. The summed E-state index contributed by atoms with van der Waals surface area (Å²) in [5.74, 6) is 1.08. The largest absolute Gasteiger partial charge is 0.507 e. The van der Waals surface area contributed by atoms with E-state index < -0.39 is 12.1 Å². The van der Waals surface area contributed by atoms with Crippen molar-refractivity contribution in [1.29, 1.82) is 0 Å². The van der Waals surface area contributed by atoms with Crippen molar-refractivity contribution in [3.05, 3.63) is 23.8 Å². The Hall–Kier alpha value is -0.970. The van der Waals surface area contributed by atoms with E-state index in [4.69, 9.17) is 10.5 Å². The van der Waals surface area contributed by atoms with Crippen molar-refractivity contribution >= 4 is 12.4 Å². The second-order valence-electron chi connectivity index (χ2n) is 4.96. The number of hydrogen-bond donors (Lipinski definition) is 3. The van der Waals surface area contributed by atoms with Gasteiger partial charge >= 0.3 is 0 Å². The number of hydrogen-bond acceptors (Lipinski definition) is 4. The Morgan fingerprint density at radius 3 is 2.42 bits per heavy atom. The molecular weight excluding hydrogens is 266 g/mol. The van der Waals surface area contributed by atoms with E-state index in [1.165, 1.54) is 7.11 Å². The van der Waals surface area contributed by atoms with Crippen LogP contribution < -0.4 is 10.5 Å². The van der Waals surface area contributed by atoms with Gasteiger partial charge in [0.2, 0.25) is 0 Å². The number of phenols is 1. The van der Waals surface area contributed by atoms with Crippen LogP contribution >= 0.6 is 12.4 Å². The van der Waals surface area contributed by atoms with Crippen LogP contribution in [0.5, 0.6) is 11.5 Å². The molecule has 0 aromatic heterocycles. The third-order valence-electron chi connectivity index (χ3n) is 3.05. The summed E-state index contributed by atoms with van der Waals surface area (Å²) < 4.78 is 5.17. The minimum Gasteiger partial charge on any atom is -0.507 e. The van der Waals surface area contributed by atoms with Crippen LogP contribution in [0.2, 0.25) is 0 Å². The predicted octanol–water partition coefficient (Wildman–Crippen LogP) is 2.62. The molecule has 0 aliphatic carbocycles. The van der Waals surface area contributed by atoms with E-state index in [9.17, 15) is 10.2 Å². The number of aromatic hydroxyl groups is 1. The summed E-state index contributed by atoms with van der Waals surface area (Å²) in [4.78, 5) is 0. The fourth-order valence-electron chi connectivity index (χ4n) is 1.92. The number of ether oxygens (including phenoxy) is 1. The van der Waals surface area contributed by atoms with Crippen molar-refractivity contribution < 1.29 is 14.9 Å². The highest BCUT2D eigenvalue weighted by molar-refractivity contribution is 5.85. The minimum atomic E-state index is -0.686. The van der Waals surface area contributed by atoms with Crippen molar-refractivity contribution in [3.8, 4) is 11.5 Å². The second-order valence-corrected chi connectivity index (χ2v) is 4.96. The zero-order valence-electron chi connectivity index (χ0n) is 11.7. The van der Waals surface area contributed by atoms with Crippen LogP contribution in [0.25, 0.3) is 0 Å². The molecule has 0 saturated carbocycles. The van der Waals surface area contributed by atoms with E-state index in [0.717, 1.165) is 6.42 Å². The molecule has 19 heavy (non-hydrogen) atoms. The molecule has 0 aliphatic heterocycles. The van der Waals surface area contributed by atoms with Crippen molar-refractivity contribution in [2.45, 2.75) is 38.8 Å². The molecule has 5 heteroatoms. The van der Waals surface area contributed by atoms with Crippen LogP contribution in [0.3, 0.4) is 0 Å². The molecule has 0 spiro atoms. The van der Waals surface area contributed by atoms with E-state index in [1.807, 2.05) is 0 Å². The lowest BCUT2D eigenvalue weighted by atomic mass is 9.95. The molecule has 0 amide bonds. The monoisotopic (exact) mass is 289 g/mol. The zero-order valence-corrected chi connectivity index (χ0v) is 12.5. The molecule has 4 nitrogen and oxygen atoms in total. The number of halogens is 1. The molecule has 1 rings (SSSR count). The van der Waals surface area contributed by atoms with E-state index in [0.29, 0.717) is 23.7 Å². The van der Waals surface area contributed by atoms with Crippen LogP contribution in [0.15, 0.2) is 18.2 Å². The molecular formula is C14H24ClNO3. The summed E-state index contributed by atoms with van der Waals surface area (Å²) in [6.07, 6.45) is 0.816. The first-order valence-corrected chi connectivity index (χ1v) is 6.26. The van der Waals surface area contributed by atoms with Gasteiger partial charge in [-0.3, -0.25) is 0 Å². The average Bonchev–Trinajstić information content (AvgIpc) is 2.34. The number of aliphatic hydroxyl groups excluding tert-OH is 1. The topological polar surface area (TPSA) is 75.7 Å². The SMILES string of the molecule is COc1cccc(O)c1[C@@H](N)[C@@H](O)CCC(C)C.Cl. The van der Waals surface area contributed by atoms with Gasteiger partial charge in [-0.15, -0.1) is 12.4 Å². The summed E-state index contributed by atoms with van der Waals surface area (Å²) in [6.45, 7) is 4.19. The molecule has 1 aromatic carbocycles. The molecule has 0 unspecified atom stereocenters. The number of rotatable bonds is 6. The number of benzene rings is 1.